The first kappa shape index (κ1) is 15.2. The van der Waals surface area contributed by atoms with Crippen molar-refractivity contribution in [2.24, 2.45) is 5.41 Å². The summed E-state index contributed by atoms with van der Waals surface area (Å²) in [6.07, 6.45) is -0.927. The highest BCUT2D eigenvalue weighted by Gasteiger charge is 2.31. The van der Waals surface area contributed by atoms with Crippen molar-refractivity contribution in [3.63, 3.8) is 0 Å². The van der Waals surface area contributed by atoms with E-state index < -0.39 is 16.4 Å². The summed E-state index contributed by atoms with van der Waals surface area (Å²) in [7, 11) is 1.50. The molecule has 0 saturated carbocycles. The van der Waals surface area contributed by atoms with E-state index in [1.165, 1.54) is 19.2 Å². The van der Waals surface area contributed by atoms with Gasteiger partial charge < -0.3 is 9.84 Å². The van der Waals surface area contributed by atoms with E-state index in [0.717, 1.165) is 0 Å². The fourth-order valence-corrected chi connectivity index (χ4v) is 2.23. The molecule has 0 unspecified atom stereocenters. The first-order valence-corrected chi connectivity index (χ1v) is 6.46. The highest BCUT2D eigenvalue weighted by molar-refractivity contribution is 14.1. The summed E-state index contributed by atoms with van der Waals surface area (Å²) in [6, 6.07) is 2.96. The maximum atomic E-state index is 11.1. The van der Waals surface area contributed by atoms with Crippen LogP contribution in [0, 0.1) is 19.1 Å². The van der Waals surface area contributed by atoms with Crippen molar-refractivity contribution < 1.29 is 14.8 Å². The summed E-state index contributed by atoms with van der Waals surface area (Å²) >= 11 is 1.97. The van der Waals surface area contributed by atoms with Crippen LogP contribution in [-0.2, 0) is 0 Å². The van der Waals surface area contributed by atoms with Crippen molar-refractivity contribution in [2.75, 3.05) is 7.11 Å². The third-order valence-corrected chi connectivity index (χ3v) is 3.46. The zero-order chi connectivity index (χ0) is 14.1. The normalized spacial score (nSPS) is 13.2. The van der Waals surface area contributed by atoms with Gasteiger partial charge in [0.15, 0.2) is 0 Å². The van der Waals surface area contributed by atoms with Crippen molar-refractivity contribution in [3.05, 3.63) is 31.4 Å². The van der Waals surface area contributed by atoms with Crippen molar-refractivity contribution in [1.29, 1.82) is 0 Å². The maximum Gasteiger partial charge on any atom is 0.276 e. The molecule has 0 aliphatic carbocycles. The highest BCUT2D eigenvalue weighted by atomic mass is 127. The summed E-state index contributed by atoms with van der Waals surface area (Å²) in [5, 5.41) is 21.3. The fourth-order valence-electron chi connectivity index (χ4n) is 1.56. The van der Waals surface area contributed by atoms with Gasteiger partial charge in [-0.15, -0.1) is 0 Å². The minimum atomic E-state index is -0.927. The van der Waals surface area contributed by atoms with Crippen LogP contribution in [-0.4, -0.2) is 17.1 Å². The van der Waals surface area contributed by atoms with Gasteiger partial charge in [0.25, 0.3) is 5.69 Å². The molecule has 0 heterocycles. The number of hydrogen-bond acceptors (Lipinski definition) is 4. The van der Waals surface area contributed by atoms with E-state index in [1.807, 2.05) is 43.4 Å². The van der Waals surface area contributed by atoms with Gasteiger partial charge in [0.05, 0.1) is 27.3 Å². The number of nitrogens with zero attached hydrogens (tertiary/aromatic N) is 1. The number of hydrogen-bond donors (Lipinski definition) is 1. The molecular formula is C12H16INO4. The van der Waals surface area contributed by atoms with Crippen molar-refractivity contribution in [3.8, 4) is 5.75 Å². The van der Waals surface area contributed by atoms with Gasteiger partial charge in [-0.2, -0.15) is 0 Å². The minimum absolute atomic E-state index is 0.0809. The number of nitro benzene ring substituents is 1. The fraction of sp³-hybridized carbons (Fsp3) is 0.500. The van der Waals surface area contributed by atoms with Gasteiger partial charge in [0, 0.05) is 6.07 Å². The Morgan fingerprint density at radius 2 is 2.00 bits per heavy atom. The van der Waals surface area contributed by atoms with Crippen LogP contribution in [0.4, 0.5) is 5.69 Å². The summed E-state index contributed by atoms with van der Waals surface area (Å²) in [6.45, 7) is 5.48. The van der Waals surface area contributed by atoms with Crippen molar-refractivity contribution in [1.82, 2.24) is 0 Å². The second kappa shape index (κ2) is 5.40. The molecule has 0 spiro atoms. The lowest BCUT2D eigenvalue weighted by molar-refractivity contribution is -0.386. The van der Waals surface area contributed by atoms with E-state index in [4.69, 9.17) is 4.74 Å². The molecule has 18 heavy (non-hydrogen) atoms. The summed E-state index contributed by atoms with van der Waals surface area (Å²) in [5.41, 5.74) is -0.282. The molecule has 5 nitrogen and oxygen atoms in total. The Bertz CT molecular complexity index is 468. The van der Waals surface area contributed by atoms with E-state index in [1.54, 1.807) is 0 Å². The van der Waals surface area contributed by atoms with E-state index >= 15 is 0 Å². The lowest BCUT2D eigenvalue weighted by atomic mass is 9.84. The van der Waals surface area contributed by atoms with Gasteiger partial charge in [0.1, 0.15) is 5.75 Å². The Morgan fingerprint density at radius 1 is 1.44 bits per heavy atom. The number of benzene rings is 1. The summed E-state index contributed by atoms with van der Waals surface area (Å²) in [4.78, 5) is 10.6. The average Bonchev–Trinajstić information content (AvgIpc) is 2.26. The Labute approximate surface area is 119 Å². The first-order chi connectivity index (χ1) is 8.18. The minimum Gasteiger partial charge on any atom is -0.496 e. The summed E-state index contributed by atoms with van der Waals surface area (Å²) < 4.78 is 5.79. The van der Waals surface area contributed by atoms with Gasteiger partial charge in [0.2, 0.25) is 0 Å². The smallest absolute Gasteiger partial charge is 0.276 e. The highest BCUT2D eigenvalue weighted by Crippen LogP contribution is 2.40. The van der Waals surface area contributed by atoms with E-state index in [-0.39, 0.29) is 11.3 Å². The lowest BCUT2D eigenvalue weighted by Crippen LogP contribution is -2.19. The van der Waals surface area contributed by atoms with Crippen LogP contribution in [0.2, 0.25) is 0 Å². The number of methoxy groups -OCH3 is 1. The largest absolute Gasteiger partial charge is 0.496 e. The second-order valence-electron chi connectivity index (χ2n) is 5.07. The van der Waals surface area contributed by atoms with Crippen LogP contribution in [0.25, 0.3) is 0 Å². The zero-order valence-corrected chi connectivity index (χ0v) is 12.9. The van der Waals surface area contributed by atoms with Crippen LogP contribution in [0.15, 0.2) is 12.1 Å². The second-order valence-corrected chi connectivity index (χ2v) is 6.23. The molecule has 100 valence electrons. The predicted octanol–water partition coefficient (Wildman–Crippen LogP) is 3.29. The van der Waals surface area contributed by atoms with Crippen LogP contribution < -0.4 is 4.74 Å². The molecule has 0 radical (unpaired) electrons. The van der Waals surface area contributed by atoms with Crippen LogP contribution in [0.1, 0.15) is 32.4 Å². The molecular weight excluding hydrogens is 349 g/mol. The Kier molecular flexibility index (Phi) is 4.55. The number of aliphatic hydroxyl groups is 1. The van der Waals surface area contributed by atoms with Crippen LogP contribution in [0.5, 0.6) is 5.75 Å². The molecule has 0 aliphatic rings. The molecule has 0 saturated heterocycles. The van der Waals surface area contributed by atoms with Gasteiger partial charge in [-0.1, -0.05) is 20.8 Å². The van der Waals surface area contributed by atoms with Crippen molar-refractivity contribution >= 4 is 28.3 Å². The molecule has 1 rings (SSSR count). The Morgan fingerprint density at radius 3 is 2.39 bits per heavy atom. The molecule has 1 atom stereocenters. The monoisotopic (exact) mass is 365 g/mol. The molecule has 0 amide bonds. The van der Waals surface area contributed by atoms with Crippen LogP contribution >= 0.6 is 22.6 Å². The molecule has 1 N–H and O–H groups in total. The van der Waals surface area contributed by atoms with Gasteiger partial charge in [-0.05, 0) is 34.1 Å². The standard InChI is InChI=1S/C12H16INO4/c1-12(2,3)11(15)7-5-10(18-4)8(13)6-9(7)14(16)17/h5-6,11,15H,1-4H3/t11-/m1/s1. The lowest BCUT2D eigenvalue weighted by Gasteiger charge is -2.26. The van der Waals surface area contributed by atoms with Crippen molar-refractivity contribution in [2.45, 2.75) is 26.9 Å². The SMILES string of the molecule is COc1cc([C@@H](O)C(C)(C)C)c([N+](=O)[O-])cc1I. The molecule has 0 aromatic heterocycles. The third-order valence-electron chi connectivity index (χ3n) is 2.61. The topological polar surface area (TPSA) is 72.6 Å². The van der Waals surface area contributed by atoms with Gasteiger partial charge in [-0.25, -0.2) is 0 Å². The molecule has 0 bridgehead atoms. The number of nitro groups is 1. The Balaban J connectivity index is 3.44. The first-order valence-electron chi connectivity index (χ1n) is 5.38. The molecule has 0 aliphatic heterocycles. The summed E-state index contributed by atoms with van der Waals surface area (Å²) in [5.74, 6) is 0.527. The van der Waals surface area contributed by atoms with E-state index in [2.05, 4.69) is 0 Å². The van der Waals surface area contributed by atoms with E-state index in [9.17, 15) is 15.2 Å². The molecule has 0 fully saturated rings. The number of ether oxygens (including phenoxy) is 1. The molecule has 1 aromatic carbocycles. The third kappa shape index (κ3) is 3.11. The zero-order valence-electron chi connectivity index (χ0n) is 10.7. The maximum absolute atomic E-state index is 11.1. The van der Waals surface area contributed by atoms with Gasteiger partial charge in [-0.3, -0.25) is 10.1 Å². The number of halogens is 1. The number of rotatable bonds is 3. The van der Waals surface area contributed by atoms with E-state index in [0.29, 0.717) is 9.32 Å². The number of aliphatic hydroxyl groups excluding tert-OH is 1. The van der Waals surface area contributed by atoms with Gasteiger partial charge >= 0.3 is 0 Å². The molecule has 1 aromatic rings. The van der Waals surface area contributed by atoms with Crippen LogP contribution in [0.3, 0.4) is 0 Å². The Hall–Kier alpha value is -0.890. The average molecular weight is 365 g/mol. The predicted molar refractivity (Wildman–Crippen MR) is 76.8 cm³/mol. The molecule has 6 heteroatoms. The quantitative estimate of drug-likeness (QED) is 0.507.